The zero-order valence-corrected chi connectivity index (χ0v) is 37.5. The van der Waals surface area contributed by atoms with E-state index in [1.807, 2.05) is 0 Å². The zero-order chi connectivity index (χ0) is 48.3. The summed E-state index contributed by atoms with van der Waals surface area (Å²) in [4.78, 5) is 132. The number of carbonyl (C=O) groups is 10. The highest BCUT2D eigenvalue weighted by Crippen LogP contribution is 2.30. The van der Waals surface area contributed by atoms with Crippen LogP contribution in [0.1, 0.15) is 103 Å². The molecule has 1 aromatic carbocycles. The lowest BCUT2D eigenvalue weighted by Crippen LogP contribution is -2.66. The fourth-order valence-corrected chi connectivity index (χ4v) is 8.29. The minimum Gasteiger partial charge on any atom is -0.504 e. The third-order valence-electron chi connectivity index (χ3n) is 10.8. The van der Waals surface area contributed by atoms with Gasteiger partial charge in [-0.05, 0) is 68.6 Å². The molecule has 1 saturated carbocycles. The molecular weight excluding hydrogens is 871 g/mol. The first kappa shape index (κ1) is 53.2. The number of rotatable bonds is 11. The van der Waals surface area contributed by atoms with E-state index in [0.717, 1.165) is 11.8 Å². The van der Waals surface area contributed by atoms with Crippen molar-refractivity contribution >= 4 is 70.9 Å². The predicted octanol–water partition coefficient (Wildman–Crippen LogP) is -1.42. The van der Waals surface area contributed by atoms with Crippen molar-refractivity contribution in [2.45, 2.75) is 139 Å². The molecule has 1 heterocycles. The molecule has 0 unspecified atom stereocenters. The number of carboxylic acid groups (broad SMARTS) is 1. The molecule has 22 nitrogen and oxygen atoms in total. The molecule has 14 N–H and O–H groups in total. The summed E-state index contributed by atoms with van der Waals surface area (Å²) in [5.41, 5.74) is 9.61. The van der Waals surface area contributed by atoms with Crippen molar-refractivity contribution in [3.05, 3.63) is 23.8 Å². The molecule has 360 valence electrons. The van der Waals surface area contributed by atoms with Crippen molar-refractivity contribution in [3.63, 3.8) is 0 Å². The average molecular weight is 934 g/mol. The second-order valence-corrected chi connectivity index (χ2v) is 17.8. The summed E-state index contributed by atoms with van der Waals surface area (Å²) >= 11 is 0.925. The first-order chi connectivity index (χ1) is 30.7. The van der Waals surface area contributed by atoms with Crippen LogP contribution in [0, 0.1) is 5.92 Å². The fourth-order valence-electron chi connectivity index (χ4n) is 7.42. The highest BCUT2D eigenvalue weighted by Gasteiger charge is 2.44. The number of nitrogens with two attached hydrogens (primary N) is 2. The third-order valence-corrected chi connectivity index (χ3v) is 11.9. The Morgan fingerprint density at radius 2 is 1.45 bits per heavy atom. The number of phenols is 2. The normalized spacial score (nSPS) is 23.9. The van der Waals surface area contributed by atoms with Crippen LogP contribution in [-0.2, 0) is 54.4 Å². The number of primary amides is 2. The van der Waals surface area contributed by atoms with E-state index in [4.69, 9.17) is 11.5 Å². The van der Waals surface area contributed by atoms with Crippen molar-refractivity contribution in [3.8, 4) is 11.5 Å². The SMILES string of the molecule is CC(C)C[C@@H]1NC(=O)[C@H](CCCC(=O)O)NC(=O)CSC[C@@H](C(N)=O)NC(=O)CCCCNC(=O)[C@H](CC(N)=O)NC(=O)C2(CCCCC2)NC(=O)[C@H](Cc2ccc(O)c(O)c2)NC1=O. The van der Waals surface area contributed by atoms with E-state index in [2.05, 4.69) is 37.2 Å². The van der Waals surface area contributed by atoms with E-state index in [0.29, 0.717) is 19.3 Å². The summed E-state index contributed by atoms with van der Waals surface area (Å²) in [6.07, 6.45) is 0.896. The van der Waals surface area contributed by atoms with E-state index in [1.165, 1.54) is 18.2 Å². The molecule has 1 aliphatic heterocycles. The molecule has 1 aliphatic carbocycles. The van der Waals surface area contributed by atoms with Gasteiger partial charge in [-0.2, -0.15) is 0 Å². The number of phenolic OH excluding ortho intramolecular Hbond substituents is 2. The Hall–Kier alpha value is -6.13. The predicted molar refractivity (Wildman–Crippen MR) is 235 cm³/mol. The van der Waals surface area contributed by atoms with Crippen molar-refractivity contribution in [1.29, 1.82) is 0 Å². The number of benzene rings is 1. The van der Waals surface area contributed by atoms with Gasteiger partial charge in [-0.1, -0.05) is 39.2 Å². The Balaban J connectivity index is 2.06. The molecule has 1 saturated heterocycles. The van der Waals surface area contributed by atoms with Gasteiger partial charge in [-0.3, -0.25) is 47.9 Å². The largest absolute Gasteiger partial charge is 0.504 e. The number of aliphatic carboxylic acids is 1. The molecule has 1 aromatic rings. The molecule has 3 rings (SSSR count). The minimum absolute atomic E-state index is 0.0179. The van der Waals surface area contributed by atoms with E-state index in [9.17, 15) is 63.3 Å². The Morgan fingerprint density at radius 1 is 0.769 bits per heavy atom. The van der Waals surface area contributed by atoms with Gasteiger partial charge in [0.1, 0.15) is 35.7 Å². The van der Waals surface area contributed by atoms with Crippen LogP contribution in [-0.4, -0.2) is 128 Å². The maximum atomic E-state index is 14.5. The smallest absolute Gasteiger partial charge is 0.303 e. The molecule has 65 heavy (non-hydrogen) atoms. The van der Waals surface area contributed by atoms with Gasteiger partial charge in [-0.25, -0.2) is 0 Å². The number of hydrogen-bond donors (Lipinski definition) is 12. The molecule has 0 aromatic heterocycles. The summed E-state index contributed by atoms with van der Waals surface area (Å²) in [6, 6.07) is -3.01. The molecule has 5 atom stereocenters. The maximum absolute atomic E-state index is 14.5. The summed E-state index contributed by atoms with van der Waals surface area (Å²) in [7, 11) is 0. The Labute approximate surface area is 380 Å². The number of nitrogens with one attached hydrogen (secondary N) is 7. The quantitative estimate of drug-likeness (QED) is 0.113. The van der Waals surface area contributed by atoms with Gasteiger partial charge in [0.15, 0.2) is 11.5 Å². The van der Waals surface area contributed by atoms with Crippen LogP contribution in [0.15, 0.2) is 18.2 Å². The van der Waals surface area contributed by atoms with Gasteiger partial charge < -0.3 is 64.0 Å². The summed E-state index contributed by atoms with van der Waals surface area (Å²) in [6.45, 7) is 3.55. The topological polar surface area (TPSA) is 368 Å². The fraction of sp³-hybridized carbons (Fsp3) is 0.619. The van der Waals surface area contributed by atoms with Gasteiger partial charge in [0.2, 0.25) is 53.2 Å². The van der Waals surface area contributed by atoms with E-state index < -0.39 is 113 Å². The summed E-state index contributed by atoms with van der Waals surface area (Å²) in [5, 5.41) is 47.9. The molecule has 0 radical (unpaired) electrons. The van der Waals surface area contributed by atoms with Gasteiger partial charge in [-0.15, -0.1) is 11.8 Å². The molecule has 2 aliphatic rings. The van der Waals surface area contributed by atoms with Gasteiger partial charge >= 0.3 is 5.97 Å². The first-order valence-electron chi connectivity index (χ1n) is 21.7. The second-order valence-electron chi connectivity index (χ2n) is 16.8. The van der Waals surface area contributed by atoms with E-state index in [-0.39, 0.29) is 93.7 Å². The second kappa shape index (κ2) is 26.0. The summed E-state index contributed by atoms with van der Waals surface area (Å²) < 4.78 is 0. The molecule has 0 bridgehead atoms. The van der Waals surface area contributed by atoms with Crippen LogP contribution in [0.2, 0.25) is 0 Å². The van der Waals surface area contributed by atoms with Crippen molar-refractivity contribution in [2.24, 2.45) is 17.4 Å². The monoisotopic (exact) mass is 933 g/mol. The molecule has 2 fully saturated rings. The van der Waals surface area contributed by atoms with Gasteiger partial charge in [0.25, 0.3) is 0 Å². The Morgan fingerprint density at radius 3 is 2.08 bits per heavy atom. The molecule has 1 spiro atoms. The van der Waals surface area contributed by atoms with Crippen molar-refractivity contribution in [2.75, 3.05) is 18.1 Å². The standard InChI is InChI=1S/C42H63N9O13S/c1-23(2)17-26-39(62)49-27(18-24-12-13-30(52)31(53)19-24)40(63)51-42(14-5-3-6-15-42)41(64)50-28(20-32(43)54)37(60)45-16-7-4-10-33(55)47-29(36(44)59)21-65-22-34(56)46-25(38(61)48-26)9-8-11-35(57)58/h12-13,19,23,25-29,52-53H,3-11,14-18,20-22H2,1-2H3,(H2,43,54)(H2,44,59)(H,45,60)(H,46,56)(H,47,55)(H,48,61)(H,49,62)(H,50,64)(H,51,63)(H,57,58)/t25-,26-,27-,28-,29-/m0/s1. The minimum atomic E-state index is -1.64. The average Bonchev–Trinajstić information content (AvgIpc) is 3.22. The van der Waals surface area contributed by atoms with E-state index in [1.54, 1.807) is 13.8 Å². The lowest BCUT2D eigenvalue weighted by molar-refractivity contribution is -0.139. The molecule has 23 heteroatoms. The zero-order valence-electron chi connectivity index (χ0n) is 36.7. The molecule has 9 amide bonds. The number of hydrogen-bond acceptors (Lipinski definition) is 13. The lowest BCUT2D eigenvalue weighted by atomic mass is 9.80. The molecular formula is C42H63N9O13S. The van der Waals surface area contributed by atoms with Crippen LogP contribution in [0.5, 0.6) is 11.5 Å². The van der Waals surface area contributed by atoms with Crippen molar-refractivity contribution in [1.82, 2.24) is 37.2 Å². The summed E-state index contributed by atoms with van der Waals surface area (Å²) in [5.74, 6) is -9.88. The van der Waals surface area contributed by atoms with Crippen molar-refractivity contribution < 1.29 is 63.3 Å². The number of carboxylic acids is 1. The maximum Gasteiger partial charge on any atom is 0.303 e. The number of carbonyl (C=O) groups excluding carboxylic acids is 9. The van der Waals surface area contributed by atoms with E-state index >= 15 is 0 Å². The van der Waals surface area contributed by atoms with Crippen LogP contribution in [0.4, 0.5) is 0 Å². The third kappa shape index (κ3) is 18.1. The number of aromatic hydroxyl groups is 2. The Bertz CT molecular complexity index is 1910. The Kier molecular flexibility index (Phi) is 21.3. The van der Waals surface area contributed by atoms with Crippen LogP contribution >= 0.6 is 11.8 Å². The number of amides is 9. The van der Waals surface area contributed by atoms with Gasteiger partial charge in [0, 0.05) is 31.6 Å². The number of thioether (sulfide) groups is 1. The lowest BCUT2D eigenvalue weighted by Gasteiger charge is -2.38. The van der Waals surface area contributed by atoms with Gasteiger partial charge in [0.05, 0.1) is 12.2 Å². The highest BCUT2D eigenvalue weighted by molar-refractivity contribution is 8.00. The first-order valence-corrected chi connectivity index (χ1v) is 22.8. The van der Waals surface area contributed by atoms with Crippen LogP contribution < -0.4 is 48.7 Å². The van der Waals surface area contributed by atoms with Crippen LogP contribution in [0.3, 0.4) is 0 Å². The highest BCUT2D eigenvalue weighted by atomic mass is 32.2. The van der Waals surface area contributed by atoms with Crippen LogP contribution in [0.25, 0.3) is 0 Å².